The minimum absolute atomic E-state index is 0.311. The Morgan fingerprint density at radius 2 is 1.92 bits per heavy atom. The van der Waals surface area contributed by atoms with Gasteiger partial charge in [0, 0.05) is 22.3 Å². The number of benzene rings is 2. The van der Waals surface area contributed by atoms with E-state index >= 15 is 0 Å². The molecule has 0 saturated heterocycles. The van der Waals surface area contributed by atoms with E-state index in [4.69, 9.17) is 27.9 Å². The van der Waals surface area contributed by atoms with Gasteiger partial charge in [-0.2, -0.15) is 0 Å². The maximum absolute atomic E-state index is 12.5. The van der Waals surface area contributed by atoms with Gasteiger partial charge in [0.25, 0.3) is 5.91 Å². The number of carbonyl (C=O) groups is 1. The van der Waals surface area contributed by atoms with Gasteiger partial charge in [-0.15, -0.1) is 10.2 Å². The molecular formula is C19H15Cl2N3O2. The summed E-state index contributed by atoms with van der Waals surface area (Å²) >= 11 is 12.0. The van der Waals surface area contributed by atoms with Crippen LogP contribution in [0, 0.1) is 0 Å². The molecule has 1 amide bonds. The number of aromatic nitrogens is 2. The number of rotatable bonds is 5. The standard InChI is InChI=1S/C19H15Cl2N3O2/c1-2-26-18-9-8-17(23-24-18)12-4-3-5-14(10-12)22-19(25)15-11-13(20)6-7-16(15)21/h3-11H,2H2,1H3,(H,22,25). The van der Waals surface area contributed by atoms with E-state index in [1.54, 1.807) is 30.3 Å². The fraction of sp³-hybridized carbons (Fsp3) is 0.105. The van der Waals surface area contributed by atoms with E-state index in [9.17, 15) is 4.79 Å². The Hall–Kier alpha value is -2.63. The minimum Gasteiger partial charge on any atom is -0.477 e. The molecule has 0 aliphatic carbocycles. The molecule has 3 aromatic rings. The monoisotopic (exact) mass is 387 g/mol. The molecule has 0 unspecified atom stereocenters. The van der Waals surface area contributed by atoms with Gasteiger partial charge < -0.3 is 10.1 Å². The molecule has 7 heteroatoms. The van der Waals surface area contributed by atoms with Crippen molar-refractivity contribution in [3.8, 4) is 17.1 Å². The lowest BCUT2D eigenvalue weighted by Crippen LogP contribution is -2.12. The fourth-order valence-electron chi connectivity index (χ4n) is 2.33. The summed E-state index contributed by atoms with van der Waals surface area (Å²) < 4.78 is 5.29. The van der Waals surface area contributed by atoms with E-state index in [0.717, 1.165) is 5.56 Å². The number of carbonyl (C=O) groups excluding carboxylic acids is 1. The molecule has 26 heavy (non-hydrogen) atoms. The van der Waals surface area contributed by atoms with E-state index in [-0.39, 0.29) is 5.91 Å². The molecule has 0 radical (unpaired) electrons. The predicted octanol–water partition coefficient (Wildman–Crippen LogP) is 5.10. The topological polar surface area (TPSA) is 64.1 Å². The first kappa shape index (κ1) is 18.2. The van der Waals surface area contributed by atoms with Crippen LogP contribution in [0.3, 0.4) is 0 Å². The molecule has 0 atom stereocenters. The summed E-state index contributed by atoms with van der Waals surface area (Å²) in [5.74, 6) is 0.128. The van der Waals surface area contributed by atoms with Crippen molar-refractivity contribution in [2.24, 2.45) is 0 Å². The maximum atomic E-state index is 12.5. The molecule has 132 valence electrons. The summed E-state index contributed by atoms with van der Waals surface area (Å²) in [6.07, 6.45) is 0. The van der Waals surface area contributed by atoms with Gasteiger partial charge in [0.2, 0.25) is 5.88 Å². The zero-order valence-corrected chi connectivity index (χ0v) is 15.4. The van der Waals surface area contributed by atoms with Crippen molar-refractivity contribution in [3.63, 3.8) is 0 Å². The van der Waals surface area contributed by atoms with E-state index in [0.29, 0.717) is 39.5 Å². The zero-order valence-electron chi connectivity index (χ0n) is 13.9. The molecular weight excluding hydrogens is 373 g/mol. The normalized spacial score (nSPS) is 10.4. The SMILES string of the molecule is CCOc1ccc(-c2cccc(NC(=O)c3cc(Cl)ccc3Cl)c2)nn1. The molecule has 3 rings (SSSR count). The Morgan fingerprint density at radius 3 is 2.65 bits per heavy atom. The van der Waals surface area contributed by atoms with E-state index in [1.165, 1.54) is 6.07 Å². The van der Waals surface area contributed by atoms with Gasteiger partial charge >= 0.3 is 0 Å². The molecule has 0 fully saturated rings. The van der Waals surface area contributed by atoms with Crippen LogP contribution in [-0.2, 0) is 0 Å². The van der Waals surface area contributed by atoms with Gasteiger partial charge in [-0.3, -0.25) is 4.79 Å². The quantitative estimate of drug-likeness (QED) is 0.661. The van der Waals surface area contributed by atoms with Gasteiger partial charge in [0.15, 0.2) is 0 Å². The molecule has 0 spiro atoms. The highest BCUT2D eigenvalue weighted by Gasteiger charge is 2.12. The van der Waals surface area contributed by atoms with Crippen molar-refractivity contribution in [3.05, 3.63) is 70.2 Å². The number of nitrogens with zero attached hydrogens (tertiary/aromatic N) is 2. The molecule has 1 aromatic heterocycles. The second kappa shape index (κ2) is 8.17. The van der Waals surface area contributed by atoms with Crippen molar-refractivity contribution in [1.29, 1.82) is 0 Å². The molecule has 0 aliphatic rings. The van der Waals surface area contributed by atoms with Crippen LogP contribution in [-0.4, -0.2) is 22.7 Å². The molecule has 0 aliphatic heterocycles. The number of hydrogen-bond donors (Lipinski definition) is 1. The van der Waals surface area contributed by atoms with Crippen LogP contribution in [0.1, 0.15) is 17.3 Å². The fourth-order valence-corrected chi connectivity index (χ4v) is 2.70. The van der Waals surface area contributed by atoms with Crippen LogP contribution in [0.25, 0.3) is 11.3 Å². The predicted molar refractivity (Wildman–Crippen MR) is 103 cm³/mol. The number of hydrogen-bond acceptors (Lipinski definition) is 4. The maximum Gasteiger partial charge on any atom is 0.257 e. The highest BCUT2D eigenvalue weighted by atomic mass is 35.5. The molecule has 2 aromatic carbocycles. The average Bonchev–Trinajstić information content (AvgIpc) is 2.65. The average molecular weight is 388 g/mol. The molecule has 1 heterocycles. The lowest BCUT2D eigenvalue weighted by atomic mass is 10.1. The highest BCUT2D eigenvalue weighted by Crippen LogP contribution is 2.24. The van der Waals surface area contributed by atoms with Crippen LogP contribution in [0.5, 0.6) is 5.88 Å². The third-order valence-corrected chi connectivity index (χ3v) is 4.09. The number of ether oxygens (including phenoxy) is 1. The van der Waals surface area contributed by atoms with Gasteiger partial charge in [-0.25, -0.2) is 0 Å². The van der Waals surface area contributed by atoms with Crippen molar-refractivity contribution in [1.82, 2.24) is 10.2 Å². The van der Waals surface area contributed by atoms with E-state index in [2.05, 4.69) is 15.5 Å². The summed E-state index contributed by atoms with van der Waals surface area (Å²) in [6, 6.07) is 15.6. The molecule has 0 bridgehead atoms. The van der Waals surface area contributed by atoms with Gasteiger partial charge in [0.05, 0.1) is 22.9 Å². The van der Waals surface area contributed by atoms with Crippen LogP contribution < -0.4 is 10.1 Å². The second-order valence-electron chi connectivity index (χ2n) is 5.35. The Kier molecular flexibility index (Phi) is 5.71. The lowest BCUT2D eigenvalue weighted by Gasteiger charge is -2.09. The zero-order chi connectivity index (χ0) is 18.5. The highest BCUT2D eigenvalue weighted by molar-refractivity contribution is 6.36. The summed E-state index contributed by atoms with van der Waals surface area (Å²) in [5, 5.41) is 11.7. The number of nitrogens with one attached hydrogen (secondary N) is 1. The molecule has 0 saturated carbocycles. The largest absolute Gasteiger partial charge is 0.477 e. The summed E-state index contributed by atoms with van der Waals surface area (Å²) in [5.41, 5.74) is 2.41. The van der Waals surface area contributed by atoms with Crippen LogP contribution >= 0.6 is 23.2 Å². The number of anilines is 1. The third-order valence-electron chi connectivity index (χ3n) is 3.52. The van der Waals surface area contributed by atoms with E-state index in [1.807, 2.05) is 25.1 Å². The smallest absolute Gasteiger partial charge is 0.257 e. The van der Waals surface area contributed by atoms with Gasteiger partial charge in [-0.05, 0) is 43.3 Å². The Balaban J connectivity index is 1.81. The first-order valence-corrected chi connectivity index (χ1v) is 8.66. The van der Waals surface area contributed by atoms with Crippen LogP contribution in [0.4, 0.5) is 5.69 Å². The van der Waals surface area contributed by atoms with Gasteiger partial charge in [-0.1, -0.05) is 35.3 Å². The van der Waals surface area contributed by atoms with Gasteiger partial charge in [0.1, 0.15) is 0 Å². The first-order chi connectivity index (χ1) is 12.6. The first-order valence-electron chi connectivity index (χ1n) is 7.90. The Labute approximate surface area is 160 Å². The number of halogens is 2. The van der Waals surface area contributed by atoms with E-state index < -0.39 is 0 Å². The molecule has 1 N–H and O–H groups in total. The Morgan fingerprint density at radius 1 is 1.08 bits per heavy atom. The van der Waals surface area contributed by atoms with Crippen LogP contribution in [0.15, 0.2) is 54.6 Å². The lowest BCUT2D eigenvalue weighted by molar-refractivity contribution is 0.102. The molecule has 5 nitrogen and oxygen atoms in total. The third kappa shape index (κ3) is 4.31. The summed E-state index contributed by atoms with van der Waals surface area (Å²) in [6.45, 7) is 2.41. The minimum atomic E-state index is -0.340. The van der Waals surface area contributed by atoms with Crippen molar-refractivity contribution < 1.29 is 9.53 Å². The Bertz CT molecular complexity index is 930. The van der Waals surface area contributed by atoms with Crippen molar-refractivity contribution in [2.75, 3.05) is 11.9 Å². The summed E-state index contributed by atoms with van der Waals surface area (Å²) in [4.78, 5) is 12.5. The van der Waals surface area contributed by atoms with Crippen molar-refractivity contribution >= 4 is 34.8 Å². The number of amides is 1. The summed E-state index contributed by atoms with van der Waals surface area (Å²) in [7, 11) is 0. The van der Waals surface area contributed by atoms with Crippen LogP contribution in [0.2, 0.25) is 10.0 Å². The second-order valence-corrected chi connectivity index (χ2v) is 6.19. The van der Waals surface area contributed by atoms with Crippen molar-refractivity contribution in [2.45, 2.75) is 6.92 Å².